The Morgan fingerprint density at radius 2 is 2.33 bits per heavy atom. The van der Waals surface area contributed by atoms with Gasteiger partial charge in [-0.3, -0.25) is 15.1 Å². The van der Waals surface area contributed by atoms with Crippen molar-refractivity contribution < 1.29 is 9.59 Å². The van der Waals surface area contributed by atoms with Gasteiger partial charge in [0.25, 0.3) is 0 Å². The zero-order valence-corrected chi connectivity index (χ0v) is 8.36. The van der Waals surface area contributed by atoms with E-state index in [0.717, 1.165) is 11.1 Å². The molecule has 0 aliphatic carbocycles. The Morgan fingerprint density at radius 1 is 1.53 bits per heavy atom. The number of carbonyl (C=O) groups is 2. The van der Waals surface area contributed by atoms with Crippen LogP contribution < -0.4 is 5.32 Å². The maximum atomic E-state index is 11.3. The molecule has 1 aromatic rings. The molecule has 78 valence electrons. The molecule has 5 nitrogen and oxygen atoms in total. The maximum Gasteiger partial charge on any atom is 0.324 e. The first kappa shape index (κ1) is 9.64. The van der Waals surface area contributed by atoms with E-state index < -0.39 is 0 Å². The molecule has 3 amide bonds. The van der Waals surface area contributed by atoms with E-state index in [-0.39, 0.29) is 18.5 Å². The number of rotatable bonds is 2. The largest absolute Gasteiger partial charge is 0.324 e. The fraction of sp³-hybridized carbons (Fsp3) is 0.300. The number of hydrogen-bond acceptors (Lipinski definition) is 3. The zero-order chi connectivity index (χ0) is 10.8. The van der Waals surface area contributed by atoms with Crippen molar-refractivity contribution in [1.29, 1.82) is 0 Å². The Balaban J connectivity index is 2.13. The standard InChI is InChI=1S/C10H11N3O2/c1-7-2-3-11-4-8(7)5-13-6-9(14)12-10(13)15/h2-4H,5-6H2,1H3,(H,12,14,15). The van der Waals surface area contributed by atoms with Gasteiger partial charge in [-0.25, -0.2) is 4.79 Å². The molecule has 1 saturated heterocycles. The summed E-state index contributed by atoms with van der Waals surface area (Å²) in [5.41, 5.74) is 2.03. The number of nitrogens with zero attached hydrogens (tertiary/aromatic N) is 2. The van der Waals surface area contributed by atoms with Gasteiger partial charge in [0.2, 0.25) is 5.91 Å². The number of hydrogen-bond donors (Lipinski definition) is 1. The van der Waals surface area contributed by atoms with E-state index in [9.17, 15) is 9.59 Å². The molecule has 1 aromatic heterocycles. The molecule has 0 unspecified atom stereocenters. The van der Waals surface area contributed by atoms with E-state index in [1.807, 2.05) is 13.0 Å². The number of pyridine rings is 1. The average molecular weight is 205 g/mol. The molecule has 1 N–H and O–H groups in total. The first-order chi connectivity index (χ1) is 7.16. The molecule has 0 radical (unpaired) electrons. The first-order valence-corrected chi connectivity index (χ1v) is 4.65. The van der Waals surface area contributed by atoms with E-state index in [1.165, 1.54) is 4.90 Å². The molecule has 0 aromatic carbocycles. The third kappa shape index (κ3) is 1.96. The number of aryl methyl sites for hydroxylation is 1. The van der Waals surface area contributed by atoms with Crippen LogP contribution in [-0.2, 0) is 11.3 Å². The quantitative estimate of drug-likeness (QED) is 0.713. The number of amides is 3. The van der Waals surface area contributed by atoms with Gasteiger partial charge in [0, 0.05) is 18.9 Å². The summed E-state index contributed by atoms with van der Waals surface area (Å²) in [6.07, 6.45) is 3.42. The first-order valence-electron chi connectivity index (χ1n) is 4.65. The number of urea groups is 1. The van der Waals surface area contributed by atoms with Gasteiger partial charge in [-0.15, -0.1) is 0 Å². The van der Waals surface area contributed by atoms with Crippen molar-refractivity contribution in [3.8, 4) is 0 Å². The second-order valence-electron chi connectivity index (χ2n) is 3.51. The predicted molar refractivity (Wildman–Crippen MR) is 52.9 cm³/mol. The molecule has 0 bridgehead atoms. The summed E-state index contributed by atoms with van der Waals surface area (Å²) in [7, 11) is 0. The van der Waals surface area contributed by atoms with E-state index in [1.54, 1.807) is 12.4 Å². The molecule has 2 heterocycles. The Morgan fingerprint density at radius 3 is 2.93 bits per heavy atom. The molecule has 1 aliphatic heterocycles. The second kappa shape index (κ2) is 3.68. The average Bonchev–Trinajstić information content (AvgIpc) is 2.49. The van der Waals surface area contributed by atoms with Crippen molar-refractivity contribution in [2.75, 3.05) is 6.54 Å². The second-order valence-corrected chi connectivity index (χ2v) is 3.51. The summed E-state index contributed by atoms with van der Waals surface area (Å²) >= 11 is 0. The van der Waals surface area contributed by atoms with E-state index in [0.29, 0.717) is 6.54 Å². The third-order valence-corrected chi connectivity index (χ3v) is 2.38. The van der Waals surface area contributed by atoms with E-state index >= 15 is 0 Å². The van der Waals surface area contributed by atoms with Crippen LogP contribution in [0.2, 0.25) is 0 Å². The van der Waals surface area contributed by atoms with Gasteiger partial charge in [-0.2, -0.15) is 0 Å². The Hall–Kier alpha value is -1.91. The minimum Gasteiger partial charge on any atom is -0.311 e. The van der Waals surface area contributed by atoms with Gasteiger partial charge in [0.1, 0.15) is 6.54 Å². The van der Waals surface area contributed by atoms with Crippen LogP contribution in [0.3, 0.4) is 0 Å². The number of aromatic nitrogens is 1. The fourth-order valence-corrected chi connectivity index (χ4v) is 1.48. The molecule has 5 heteroatoms. The lowest BCUT2D eigenvalue weighted by atomic mass is 10.1. The summed E-state index contributed by atoms with van der Waals surface area (Å²) in [5.74, 6) is -0.249. The maximum absolute atomic E-state index is 11.3. The van der Waals surface area contributed by atoms with Crippen LogP contribution in [0.25, 0.3) is 0 Å². The lowest BCUT2D eigenvalue weighted by Gasteiger charge is -2.13. The van der Waals surface area contributed by atoms with Crippen LogP contribution in [0, 0.1) is 6.92 Å². The molecular formula is C10H11N3O2. The molecule has 1 fully saturated rings. The van der Waals surface area contributed by atoms with Crippen LogP contribution >= 0.6 is 0 Å². The predicted octanol–water partition coefficient (Wildman–Crippen LogP) is 0.442. The van der Waals surface area contributed by atoms with Gasteiger partial charge in [-0.05, 0) is 24.1 Å². The van der Waals surface area contributed by atoms with Crippen molar-refractivity contribution in [3.05, 3.63) is 29.6 Å². The van der Waals surface area contributed by atoms with Gasteiger partial charge in [-0.1, -0.05) is 0 Å². The van der Waals surface area contributed by atoms with Crippen molar-refractivity contribution in [2.45, 2.75) is 13.5 Å². The topological polar surface area (TPSA) is 62.3 Å². The molecule has 0 saturated carbocycles. The SMILES string of the molecule is Cc1ccncc1CN1CC(=O)NC1=O. The Labute approximate surface area is 87.1 Å². The van der Waals surface area contributed by atoms with Crippen LogP contribution in [0.5, 0.6) is 0 Å². The van der Waals surface area contributed by atoms with Crippen molar-refractivity contribution in [1.82, 2.24) is 15.2 Å². The van der Waals surface area contributed by atoms with Gasteiger partial charge in [0.05, 0.1) is 0 Å². The molecule has 0 spiro atoms. The Kier molecular flexibility index (Phi) is 2.37. The summed E-state index contributed by atoms with van der Waals surface area (Å²) < 4.78 is 0. The van der Waals surface area contributed by atoms with E-state index in [2.05, 4.69) is 10.3 Å². The third-order valence-electron chi connectivity index (χ3n) is 2.38. The minimum absolute atomic E-state index is 0.132. The lowest BCUT2D eigenvalue weighted by Crippen LogP contribution is -2.28. The summed E-state index contributed by atoms with van der Waals surface area (Å²) in [5, 5.41) is 2.23. The van der Waals surface area contributed by atoms with Crippen molar-refractivity contribution in [2.24, 2.45) is 0 Å². The Bertz CT molecular complexity index is 417. The lowest BCUT2D eigenvalue weighted by molar-refractivity contribution is -0.118. The van der Waals surface area contributed by atoms with Crippen molar-refractivity contribution >= 4 is 11.9 Å². The fourth-order valence-electron chi connectivity index (χ4n) is 1.48. The highest BCUT2D eigenvalue weighted by Gasteiger charge is 2.26. The highest BCUT2D eigenvalue weighted by molar-refractivity contribution is 6.01. The normalized spacial score (nSPS) is 15.7. The zero-order valence-electron chi connectivity index (χ0n) is 8.36. The highest BCUT2D eigenvalue weighted by atomic mass is 16.2. The molecule has 2 rings (SSSR count). The van der Waals surface area contributed by atoms with Crippen LogP contribution in [0.1, 0.15) is 11.1 Å². The minimum atomic E-state index is -0.330. The number of nitrogens with one attached hydrogen (secondary N) is 1. The molecule has 1 aliphatic rings. The highest BCUT2D eigenvalue weighted by Crippen LogP contribution is 2.10. The molecule has 15 heavy (non-hydrogen) atoms. The summed E-state index contributed by atoms with van der Waals surface area (Å²) in [4.78, 5) is 27.7. The van der Waals surface area contributed by atoms with Gasteiger partial charge >= 0.3 is 6.03 Å². The van der Waals surface area contributed by atoms with E-state index in [4.69, 9.17) is 0 Å². The number of carbonyl (C=O) groups excluding carboxylic acids is 2. The summed E-state index contributed by atoms with van der Waals surface area (Å²) in [6, 6.07) is 1.55. The van der Waals surface area contributed by atoms with Gasteiger partial charge in [0.15, 0.2) is 0 Å². The molecular weight excluding hydrogens is 194 g/mol. The molecule has 0 atom stereocenters. The van der Waals surface area contributed by atoms with Crippen molar-refractivity contribution in [3.63, 3.8) is 0 Å². The monoisotopic (exact) mass is 205 g/mol. The summed E-state index contributed by atoms with van der Waals surface area (Å²) in [6.45, 7) is 2.51. The number of imide groups is 1. The van der Waals surface area contributed by atoms with Gasteiger partial charge < -0.3 is 4.90 Å². The van der Waals surface area contributed by atoms with Crippen LogP contribution in [-0.4, -0.2) is 28.4 Å². The van der Waals surface area contributed by atoms with Crippen LogP contribution in [0.15, 0.2) is 18.5 Å². The smallest absolute Gasteiger partial charge is 0.311 e. The van der Waals surface area contributed by atoms with Crippen LogP contribution in [0.4, 0.5) is 4.79 Å².